The molecule has 0 radical (unpaired) electrons. The first kappa shape index (κ1) is 18.8. The molecule has 0 N–H and O–H groups in total. The van der Waals surface area contributed by atoms with Gasteiger partial charge in [-0.3, -0.25) is 9.59 Å². The lowest BCUT2D eigenvalue weighted by atomic mass is 10.1. The lowest BCUT2D eigenvalue weighted by molar-refractivity contribution is -0.144. The quantitative estimate of drug-likeness (QED) is 0.743. The minimum Gasteiger partial charge on any atom is -0.489 e. The molecule has 1 heterocycles. The van der Waals surface area contributed by atoms with Crippen LogP contribution in [0.5, 0.6) is 5.75 Å². The van der Waals surface area contributed by atoms with Crippen LogP contribution in [0.3, 0.4) is 0 Å². The van der Waals surface area contributed by atoms with E-state index < -0.39 is 17.7 Å². The van der Waals surface area contributed by atoms with E-state index >= 15 is 0 Å². The Bertz CT molecular complexity index is 862. The lowest BCUT2D eigenvalue weighted by Crippen LogP contribution is -2.27. The molecular weight excluding hydrogens is 363 g/mol. The molecule has 0 atom stereocenters. The normalized spacial score (nSPS) is 13.5. The van der Waals surface area contributed by atoms with E-state index in [0.717, 1.165) is 17.7 Å². The molecule has 0 fully saturated rings. The molecule has 5 nitrogen and oxygen atoms in total. The summed E-state index contributed by atoms with van der Waals surface area (Å²) < 4.78 is 48.1. The first-order valence-corrected chi connectivity index (χ1v) is 8.08. The van der Waals surface area contributed by atoms with Crippen molar-refractivity contribution in [3.63, 3.8) is 0 Å². The van der Waals surface area contributed by atoms with Crippen molar-refractivity contribution >= 4 is 11.9 Å². The Balaban J connectivity index is 1.64. The highest BCUT2D eigenvalue weighted by molar-refractivity contribution is 5.98. The van der Waals surface area contributed by atoms with Gasteiger partial charge in [0, 0.05) is 12.5 Å². The smallest absolute Gasteiger partial charge is 0.416 e. The summed E-state index contributed by atoms with van der Waals surface area (Å²) in [6.07, 6.45) is -4.38. The van der Waals surface area contributed by atoms with E-state index in [1.807, 2.05) is 0 Å². The Hall–Kier alpha value is -3.03. The topological polar surface area (TPSA) is 55.8 Å². The van der Waals surface area contributed by atoms with Crippen molar-refractivity contribution in [1.82, 2.24) is 4.90 Å². The zero-order valence-electron chi connectivity index (χ0n) is 14.4. The molecule has 0 saturated carbocycles. The number of alkyl halides is 3. The molecule has 27 heavy (non-hydrogen) atoms. The predicted octanol–water partition coefficient (Wildman–Crippen LogP) is 3.76. The van der Waals surface area contributed by atoms with Gasteiger partial charge in [-0.2, -0.15) is 13.2 Å². The molecule has 2 aromatic carbocycles. The second kappa shape index (κ2) is 7.30. The first-order chi connectivity index (χ1) is 12.7. The third-order valence-corrected chi connectivity index (χ3v) is 4.07. The molecule has 0 bridgehead atoms. The SMILES string of the molecule is CC(=O)OCN1Cc2ccc(OCc3ccc(C(F)(F)F)cc3)cc2C1=O. The van der Waals surface area contributed by atoms with Crippen molar-refractivity contribution in [2.45, 2.75) is 26.3 Å². The Morgan fingerprint density at radius 3 is 2.48 bits per heavy atom. The third-order valence-electron chi connectivity index (χ3n) is 4.07. The number of amides is 1. The summed E-state index contributed by atoms with van der Waals surface area (Å²) >= 11 is 0. The number of esters is 1. The summed E-state index contributed by atoms with van der Waals surface area (Å²) in [6, 6.07) is 9.70. The van der Waals surface area contributed by atoms with Crippen molar-refractivity contribution < 1.29 is 32.2 Å². The number of hydrogen-bond donors (Lipinski definition) is 0. The summed E-state index contributed by atoms with van der Waals surface area (Å²) in [6.45, 7) is 1.55. The Kier molecular flexibility index (Phi) is 5.07. The first-order valence-electron chi connectivity index (χ1n) is 8.08. The second-order valence-corrected chi connectivity index (χ2v) is 6.07. The predicted molar refractivity (Wildman–Crippen MR) is 88.7 cm³/mol. The van der Waals surface area contributed by atoms with E-state index in [4.69, 9.17) is 9.47 Å². The fourth-order valence-electron chi connectivity index (χ4n) is 2.66. The number of fused-ring (bicyclic) bond motifs is 1. The van der Waals surface area contributed by atoms with Crippen LogP contribution in [0.15, 0.2) is 42.5 Å². The average Bonchev–Trinajstić information content (AvgIpc) is 2.93. The Morgan fingerprint density at radius 2 is 1.85 bits per heavy atom. The van der Waals surface area contributed by atoms with E-state index in [9.17, 15) is 22.8 Å². The molecule has 8 heteroatoms. The molecule has 0 aliphatic carbocycles. The molecule has 0 unspecified atom stereocenters. The molecule has 0 saturated heterocycles. The summed E-state index contributed by atoms with van der Waals surface area (Å²) in [7, 11) is 0. The van der Waals surface area contributed by atoms with Crippen LogP contribution < -0.4 is 4.74 Å². The van der Waals surface area contributed by atoms with Crippen LogP contribution in [-0.2, 0) is 28.9 Å². The van der Waals surface area contributed by atoms with Crippen molar-refractivity contribution in [2.24, 2.45) is 0 Å². The third kappa shape index (κ3) is 4.39. The van der Waals surface area contributed by atoms with Gasteiger partial charge in [-0.05, 0) is 35.4 Å². The highest BCUT2D eigenvalue weighted by atomic mass is 19.4. The highest BCUT2D eigenvalue weighted by Crippen LogP contribution is 2.30. The fourth-order valence-corrected chi connectivity index (χ4v) is 2.66. The van der Waals surface area contributed by atoms with Gasteiger partial charge in [0.05, 0.1) is 12.1 Å². The lowest BCUT2D eigenvalue weighted by Gasteiger charge is -2.14. The number of ether oxygens (including phenoxy) is 2. The second-order valence-electron chi connectivity index (χ2n) is 6.07. The van der Waals surface area contributed by atoms with Gasteiger partial charge in [0.1, 0.15) is 12.4 Å². The van der Waals surface area contributed by atoms with Gasteiger partial charge in [0.25, 0.3) is 5.91 Å². The maximum atomic E-state index is 12.6. The highest BCUT2D eigenvalue weighted by Gasteiger charge is 2.30. The fraction of sp³-hybridized carbons (Fsp3) is 0.263. The molecule has 1 aliphatic heterocycles. The van der Waals surface area contributed by atoms with Gasteiger partial charge < -0.3 is 14.4 Å². The van der Waals surface area contributed by atoms with Gasteiger partial charge in [0.2, 0.25) is 0 Å². The number of nitrogens with zero attached hydrogens (tertiary/aromatic N) is 1. The largest absolute Gasteiger partial charge is 0.489 e. The van der Waals surface area contributed by atoms with Crippen LogP contribution in [0.25, 0.3) is 0 Å². The van der Waals surface area contributed by atoms with E-state index in [2.05, 4.69) is 0 Å². The summed E-state index contributed by atoms with van der Waals surface area (Å²) in [5.41, 5.74) is 1.09. The summed E-state index contributed by atoms with van der Waals surface area (Å²) in [4.78, 5) is 24.6. The molecule has 1 amide bonds. The number of carbonyl (C=O) groups is 2. The molecule has 0 aromatic heterocycles. The van der Waals surface area contributed by atoms with E-state index in [0.29, 0.717) is 23.4 Å². The van der Waals surface area contributed by atoms with E-state index in [1.54, 1.807) is 18.2 Å². The van der Waals surface area contributed by atoms with Gasteiger partial charge >= 0.3 is 12.1 Å². The number of hydrogen-bond acceptors (Lipinski definition) is 4. The molecule has 1 aliphatic rings. The van der Waals surface area contributed by atoms with Crippen LogP contribution >= 0.6 is 0 Å². The van der Waals surface area contributed by atoms with Crippen LogP contribution in [-0.4, -0.2) is 23.5 Å². The molecule has 142 valence electrons. The molecular formula is C19H16F3NO4. The van der Waals surface area contributed by atoms with Crippen LogP contribution in [0.1, 0.15) is 34.0 Å². The number of benzene rings is 2. The van der Waals surface area contributed by atoms with E-state index in [1.165, 1.54) is 24.0 Å². The minimum absolute atomic E-state index is 0.0717. The number of carbonyl (C=O) groups excluding carboxylic acids is 2. The molecule has 0 spiro atoms. The zero-order chi connectivity index (χ0) is 19.6. The monoisotopic (exact) mass is 379 g/mol. The average molecular weight is 379 g/mol. The number of halogens is 3. The maximum absolute atomic E-state index is 12.6. The van der Waals surface area contributed by atoms with E-state index in [-0.39, 0.29) is 19.2 Å². The van der Waals surface area contributed by atoms with Crippen molar-refractivity contribution in [2.75, 3.05) is 6.73 Å². The van der Waals surface area contributed by atoms with Crippen molar-refractivity contribution in [1.29, 1.82) is 0 Å². The Labute approximate surface area is 153 Å². The molecule has 2 aromatic rings. The zero-order valence-corrected chi connectivity index (χ0v) is 14.4. The van der Waals surface area contributed by atoms with Crippen LogP contribution in [0.2, 0.25) is 0 Å². The van der Waals surface area contributed by atoms with Gasteiger partial charge in [0.15, 0.2) is 6.73 Å². The minimum atomic E-state index is -4.38. The molecule has 3 rings (SSSR count). The van der Waals surface area contributed by atoms with Gasteiger partial charge in [-0.25, -0.2) is 0 Å². The summed E-state index contributed by atoms with van der Waals surface area (Å²) in [5, 5.41) is 0. The van der Waals surface area contributed by atoms with Crippen LogP contribution in [0, 0.1) is 0 Å². The van der Waals surface area contributed by atoms with Gasteiger partial charge in [-0.15, -0.1) is 0 Å². The number of rotatable bonds is 5. The van der Waals surface area contributed by atoms with Gasteiger partial charge in [-0.1, -0.05) is 18.2 Å². The standard InChI is InChI=1S/C19H16F3NO4/c1-12(24)27-11-23-9-14-4-7-16(8-17(14)18(23)25)26-10-13-2-5-15(6-3-13)19(20,21)22/h2-8H,9-11H2,1H3. The van der Waals surface area contributed by atoms with Crippen LogP contribution in [0.4, 0.5) is 13.2 Å². The van der Waals surface area contributed by atoms with Crippen molar-refractivity contribution in [3.8, 4) is 5.75 Å². The van der Waals surface area contributed by atoms with Crippen molar-refractivity contribution in [3.05, 3.63) is 64.7 Å². The summed E-state index contributed by atoms with van der Waals surface area (Å²) in [5.74, 6) is -0.318. The maximum Gasteiger partial charge on any atom is 0.416 e. The Morgan fingerprint density at radius 1 is 1.15 bits per heavy atom.